The van der Waals surface area contributed by atoms with Gasteiger partial charge in [-0.2, -0.15) is 0 Å². The number of hydrogen-bond donors (Lipinski definition) is 1. The standard InChI is InChI=1S/C13H16N2S/c1-13(2,14)9-4-3-5-10-11(9)15-12(16-10)8-6-7-8/h3-5,8H,6-7,14H2,1-2H3. The summed E-state index contributed by atoms with van der Waals surface area (Å²) in [6.45, 7) is 4.08. The largest absolute Gasteiger partial charge is 0.322 e. The molecule has 3 heteroatoms. The van der Waals surface area contributed by atoms with E-state index in [1.54, 1.807) is 0 Å². The van der Waals surface area contributed by atoms with Crippen molar-refractivity contribution in [1.82, 2.24) is 4.98 Å². The van der Waals surface area contributed by atoms with Crippen molar-refractivity contribution >= 4 is 21.6 Å². The summed E-state index contributed by atoms with van der Waals surface area (Å²) in [6.07, 6.45) is 2.61. The van der Waals surface area contributed by atoms with Crippen LogP contribution in [0.2, 0.25) is 0 Å². The van der Waals surface area contributed by atoms with Crippen LogP contribution in [0, 0.1) is 0 Å². The van der Waals surface area contributed by atoms with Crippen LogP contribution in [0.1, 0.15) is 43.2 Å². The molecule has 0 bridgehead atoms. The minimum absolute atomic E-state index is 0.311. The zero-order chi connectivity index (χ0) is 11.3. The molecule has 0 radical (unpaired) electrons. The van der Waals surface area contributed by atoms with Crippen LogP contribution < -0.4 is 5.73 Å². The smallest absolute Gasteiger partial charge is 0.0969 e. The summed E-state index contributed by atoms with van der Waals surface area (Å²) in [6, 6.07) is 6.33. The van der Waals surface area contributed by atoms with Gasteiger partial charge >= 0.3 is 0 Å². The number of hydrogen-bond acceptors (Lipinski definition) is 3. The summed E-state index contributed by atoms with van der Waals surface area (Å²) in [7, 11) is 0. The number of benzene rings is 1. The molecule has 0 saturated heterocycles. The number of thiazole rings is 1. The Labute approximate surface area is 99.5 Å². The zero-order valence-corrected chi connectivity index (χ0v) is 10.5. The van der Waals surface area contributed by atoms with E-state index >= 15 is 0 Å². The number of aromatic nitrogens is 1. The first-order valence-electron chi connectivity index (χ1n) is 5.74. The topological polar surface area (TPSA) is 38.9 Å². The van der Waals surface area contributed by atoms with E-state index in [9.17, 15) is 0 Å². The van der Waals surface area contributed by atoms with Crippen LogP contribution in [0.15, 0.2) is 18.2 Å². The van der Waals surface area contributed by atoms with Gasteiger partial charge in [-0.05, 0) is 38.3 Å². The predicted octanol–water partition coefficient (Wildman–Crippen LogP) is 3.37. The predicted molar refractivity (Wildman–Crippen MR) is 68.8 cm³/mol. The molecule has 1 aromatic carbocycles. The van der Waals surface area contributed by atoms with E-state index in [1.165, 1.54) is 22.5 Å². The normalized spacial score (nSPS) is 16.9. The maximum Gasteiger partial charge on any atom is 0.0969 e. The molecule has 0 atom stereocenters. The number of nitrogens with two attached hydrogens (primary N) is 1. The highest BCUT2D eigenvalue weighted by molar-refractivity contribution is 7.18. The van der Waals surface area contributed by atoms with Crippen LogP contribution in [0.25, 0.3) is 10.2 Å². The first kappa shape index (κ1) is 10.2. The van der Waals surface area contributed by atoms with E-state index in [4.69, 9.17) is 10.7 Å². The second-order valence-corrected chi connectivity index (χ2v) is 6.26. The van der Waals surface area contributed by atoms with Crippen LogP contribution in [0.4, 0.5) is 0 Å². The minimum atomic E-state index is -0.311. The highest BCUT2D eigenvalue weighted by atomic mass is 32.1. The fourth-order valence-electron chi connectivity index (χ4n) is 1.99. The Morgan fingerprint density at radius 1 is 1.38 bits per heavy atom. The molecule has 3 rings (SSSR count). The summed E-state index contributed by atoms with van der Waals surface area (Å²) < 4.78 is 1.28. The molecule has 0 spiro atoms. The van der Waals surface area contributed by atoms with Crippen molar-refractivity contribution in [2.45, 2.75) is 38.1 Å². The van der Waals surface area contributed by atoms with E-state index < -0.39 is 0 Å². The first-order valence-corrected chi connectivity index (χ1v) is 6.56. The summed E-state index contributed by atoms with van der Waals surface area (Å²) >= 11 is 1.83. The molecule has 0 amide bonds. The third-order valence-electron chi connectivity index (χ3n) is 3.06. The second-order valence-electron chi connectivity index (χ2n) is 5.20. The molecule has 1 aromatic heterocycles. The highest BCUT2D eigenvalue weighted by Gasteiger charge is 2.28. The molecular formula is C13H16N2S. The van der Waals surface area contributed by atoms with Crippen molar-refractivity contribution in [3.63, 3.8) is 0 Å². The van der Waals surface area contributed by atoms with Crippen LogP contribution in [-0.4, -0.2) is 4.98 Å². The quantitative estimate of drug-likeness (QED) is 0.862. The summed E-state index contributed by atoms with van der Waals surface area (Å²) in [4.78, 5) is 4.78. The van der Waals surface area contributed by atoms with E-state index in [2.05, 4.69) is 18.2 Å². The van der Waals surface area contributed by atoms with Gasteiger partial charge in [0, 0.05) is 11.5 Å². The zero-order valence-electron chi connectivity index (χ0n) is 9.66. The summed E-state index contributed by atoms with van der Waals surface area (Å²) in [5.74, 6) is 0.728. The summed E-state index contributed by atoms with van der Waals surface area (Å²) in [5.41, 5.74) is 8.15. The van der Waals surface area contributed by atoms with Crippen molar-refractivity contribution in [3.8, 4) is 0 Å². The maximum absolute atomic E-state index is 6.19. The van der Waals surface area contributed by atoms with Crippen molar-refractivity contribution in [2.75, 3.05) is 0 Å². The molecule has 1 aliphatic carbocycles. The minimum Gasteiger partial charge on any atom is -0.322 e. The van der Waals surface area contributed by atoms with Gasteiger partial charge in [-0.25, -0.2) is 4.98 Å². The molecule has 2 N–H and O–H groups in total. The Morgan fingerprint density at radius 2 is 2.12 bits per heavy atom. The van der Waals surface area contributed by atoms with Gasteiger partial charge in [0.15, 0.2) is 0 Å². The molecule has 16 heavy (non-hydrogen) atoms. The van der Waals surface area contributed by atoms with Crippen molar-refractivity contribution < 1.29 is 0 Å². The molecule has 2 aromatic rings. The van der Waals surface area contributed by atoms with E-state index in [1.807, 2.05) is 25.2 Å². The number of nitrogens with zero attached hydrogens (tertiary/aromatic N) is 1. The lowest BCUT2D eigenvalue weighted by atomic mass is 9.95. The molecule has 1 aliphatic rings. The second kappa shape index (κ2) is 3.28. The van der Waals surface area contributed by atoms with E-state index in [0.717, 1.165) is 17.0 Å². The van der Waals surface area contributed by atoms with Crippen LogP contribution >= 0.6 is 11.3 Å². The van der Waals surface area contributed by atoms with Crippen molar-refractivity contribution in [2.24, 2.45) is 5.73 Å². The fraction of sp³-hybridized carbons (Fsp3) is 0.462. The van der Waals surface area contributed by atoms with Gasteiger partial charge in [-0.1, -0.05) is 12.1 Å². The van der Waals surface area contributed by atoms with Crippen molar-refractivity contribution in [3.05, 3.63) is 28.8 Å². The molecule has 2 nitrogen and oxygen atoms in total. The third-order valence-corrected chi connectivity index (χ3v) is 4.24. The Morgan fingerprint density at radius 3 is 2.75 bits per heavy atom. The van der Waals surface area contributed by atoms with Gasteiger partial charge in [0.05, 0.1) is 15.2 Å². The molecule has 1 heterocycles. The third kappa shape index (κ3) is 1.64. The van der Waals surface area contributed by atoms with Gasteiger partial charge in [0.25, 0.3) is 0 Å². The average Bonchev–Trinajstić information content (AvgIpc) is 2.95. The average molecular weight is 232 g/mol. The highest BCUT2D eigenvalue weighted by Crippen LogP contribution is 2.44. The van der Waals surface area contributed by atoms with Crippen LogP contribution in [0.5, 0.6) is 0 Å². The molecule has 84 valence electrons. The number of rotatable bonds is 2. The Bertz CT molecular complexity index is 532. The number of fused-ring (bicyclic) bond motifs is 1. The van der Waals surface area contributed by atoms with Crippen LogP contribution in [0.3, 0.4) is 0 Å². The molecule has 0 unspecified atom stereocenters. The molecule has 1 saturated carbocycles. The van der Waals surface area contributed by atoms with Crippen molar-refractivity contribution in [1.29, 1.82) is 0 Å². The molecular weight excluding hydrogens is 216 g/mol. The van der Waals surface area contributed by atoms with E-state index in [0.29, 0.717) is 0 Å². The lowest BCUT2D eigenvalue weighted by molar-refractivity contribution is 0.558. The number of para-hydroxylation sites is 1. The van der Waals surface area contributed by atoms with Gasteiger partial charge in [0.2, 0.25) is 0 Å². The van der Waals surface area contributed by atoms with Crippen LogP contribution in [-0.2, 0) is 5.54 Å². The first-order chi connectivity index (χ1) is 7.55. The SMILES string of the molecule is CC(C)(N)c1cccc2sc(C3CC3)nc12. The van der Waals surface area contributed by atoms with Gasteiger partial charge in [-0.3, -0.25) is 0 Å². The fourth-order valence-corrected chi connectivity index (χ4v) is 3.15. The molecule has 0 aliphatic heterocycles. The monoisotopic (exact) mass is 232 g/mol. The lowest BCUT2D eigenvalue weighted by Gasteiger charge is -2.19. The van der Waals surface area contributed by atoms with Gasteiger partial charge in [-0.15, -0.1) is 11.3 Å². The maximum atomic E-state index is 6.19. The Kier molecular flexibility index (Phi) is 2.10. The van der Waals surface area contributed by atoms with Gasteiger partial charge in [0.1, 0.15) is 0 Å². The lowest BCUT2D eigenvalue weighted by Crippen LogP contribution is -2.28. The summed E-state index contributed by atoms with van der Waals surface area (Å²) in [5, 5.41) is 1.30. The Balaban J connectivity index is 2.21. The Hall–Kier alpha value is -0.930. The van der Waals surface area contributed by atoms with E-state index in [-0.39, 0.29) is 5.54 Å². The molecule has 1 fully saturated rings. The van der Waals surface area contributed by atoms with Gasteiger partial charge < -0.3 is 5.73 Å².